The molecule has 0 unspecified atom stereocenters. The third-order valence-electron chi connectivity index (χ3n) is 5.07. The quantitative estimate of drug-likeness (QED) is 0.772. The molecule has 1 aromatic carbocycles. The first kappa shape index (κ1) is 18.9. The normalized spacial score (nSPS) is 19.6. The Kier molecular flexibility index (Phi) is 5.65. The Morgan fingerprint density at radius 3 is 2.31 bits per heavy atom. The highest BCUT2D eigenvalue weighted by atomic mass is 19.4. The summed E-state index contributed by atoms with van der Waals surface area (Å²) in [6, 6.07) is 6.61. The van der Waals surface area contributed by atoms with Crippen LogP contribution in [-0.2, 0) is 0 Å². The Bertz CT molecular complexity index is 607. The first-order valence-electron chi connectivity index (χ1n) is 9.09. The molecule has 3 rings (SSSR count). The molecule has 1 fully saturated rings. The average molecular weight is 369 g/mol. The lowest BCUT2D eigenvalue weighted by molar-refractivity contribution is -0.274. The molecule has 2 aliphatic heterocycles. The van der Waals surface area contributed by atoms with Gasteiger partial charge in [-0.15, -0.1) is 13.2 Å². The smallest absolute Gasteiger partial charge is 0.406 e. The molecule has 2 heterocycles. The molecule has 0 atom stereocenters. The van der Waals surface area contributed by atoms with Crippen molar-refractivity contribution in [2.24, 2.45) is 5.92 Å². The van der Waals surface area contributed by atoms with Crippen LogP contribution in [0, 0.1) is 5.92 Å². The van der Waals surface area contributed by atoms with E-state index < -0.39 is 6.36 Å². The molecule has 0 radical (unpaired) electrons. The van der Waals surface area contributed by atoms with Crippen molar-refractivity contribution in [1.29, 1.82) is 0 Å². The minimum Gasteiger partial charge on any atom is -0.406 e. The second kappa shape index (κ2) is 7.78. The Labute approximate surface area is 152 Å². The Morgan fingerprint density at radius 1 is 1.08 bits per heavy atom. The third-order valence-corrected chi connectivity index (χ3v) is 5.07. The monoisotopic (exact) mass is 369 g/mol. The minimum absolute atomic E-state index is 0.196. The van der Waals surface area contributed by atoms with E-state index in [0.29, 0.717) is 12.0 Å². The summed E-state index contributed by atoms with van der Waals surface area (Å²) >= 11 is 0. The fraction of sp³-hybridized carbons (Fsp3) is 0.579. The van der Waals surface area contributed by atoms with Crippen molar-refractivity contribution in [2.45, 2.75) is 39.1 Å². The molecule has 0 N–H and O–H groups in total. The highest BCUT2D eigenvalue weighted by molar-refractivity contribution is 5.52. The van der Waals surface area contributed by atoms with Gasteiger partial charge in [-0.2, -0.15) is 0 Å². The Hall–Kier alpha value is -1.89. The fourth-order valence-corrected chi connectivity index (χ4v) is 3.57. The van der Waals surface area contributed by atoms with Crippen molar-refractivity contribution in [3.8, 4) is 5.75 Å². The lowest BCUT2D eigenvalue weighted by atomic mass is 9.95. The second-order valence-electron chi connectivity index (χ2n) is 7.30. The average Bonchev–Trinajstić information content (AvgIpc) is 3.03. The van der Waals surface area contributed by atoms with Crippen LogP contribution in [-0.4, -0.2) is 48.5 Å². The van der Waals surface area contributed by atoms with Crippen molar-refractivity contribution >= 4 is 5.69 Å². The summed E-state index contributed by atoms with van der Waals surface area (Å²) in [6.07, 6.45) is 1.81. The van der Waals surface area contributed by atoms with Crippen molar-refractivity contribution in [2.75, 3.05) is 31.2 Å². The predicted octanol–water partition coefficient (Wildman–Crippen LogP) is 4.26. The van der Waals surface area contributed by atoms with Crippen LogP contribution >= 0.6 is 0 Å². The number of ether oxygens (including phenoxy) is 1. The zero-order valence-corrected chi connectivity index (χ0v) is 15.2. The molecule has 1 saturated heterocycles. The van der Waals surface area contributed by atoms with Crippen LogP contribution in [0.2, 0.25) is 0 Å². The van der Waals surface area contributed by atoms with Crippen LogP contribution in [0.25, 0.3) is 0 Å². The van der Waals surface area contributed by atoms with Crippen LogP contribution in [0.3, 0.4) is 0 Å². The summed E-state index contributed by atoms with van der Waals surface area (Å²) in [6.45, 7) is 8.55. The standard InChI is InChI=1S/C19H26F3N3O/c1-15(2)24-9-7-16(8-10-24)13-23-11-12-25(14-23)17-3-5-18(6-4-17)26-19(20,21)22/h3-6,11-12,15-16H,7-10,13-14H2,1-2H3. The van der Waals surface area contributed by atoms with Gasteiger partial charge in [0.15, 0.2) is 0 Å². The molecule has 4 nitrogen and oxygen atoms in total. The first-order chi connectivity index (χ1) is 12.3. The van der Waals surface area contributed by atoms with E-state index in [0.717, 1.165) is 32.0 Å². The van der Waals surface area contributed by atoms with Gasteiger partial charge >= 0.3 is 6.36 Å². The van der Waals surface area contributed by atoms with E-state index in [9.17, 15) is 13.2 Å². The highest BCUT2D eigenvalue weighted by Gasteiger charge is 2.31. The van der Waals surface area contributed by atoms with Gasteiger partial charge in [-0.25, -0.2) is 0 Å². The maximum atomic E-state index is 12.2. The van der Waals surface area contributed by atoms with Gasteiger partial charge in [-0.05, 0) is 70.0 Å². The summed E-state index contributed by atoms with van der Waals surface area (Å²) in [7, 11) is 0. The molecule has 0 amide bonds. The molecule has 0 saturated carbocycles. The summed E-state index contributed by atoms with van der Waals surface area (Å²) in [5.74, 6) is 0.496. The number of alkyl halides is 3. The van der Waals surface area contributed by atoms with Gasteiger partial charge in [-0.1, -0.05) is 0 Å². The van der Waals surface area contributed by atoms with E-state index >= 15 is 0 Å². The number of hydrogen-bond donors (Lipinski definition) is 0. The maximum absolute atomic E-state index is 12.2. The molecule has 2 aliphatic rings. The van der Waals surface area contributed by atoms with Gasteiger partial charge < -0.3 is 19.4 Å². The summed E-state index contributed by atoms with van der Waals surface area (Å²) < 4.78 is 40.6. The number of anilines is 1. The predicted molar refractivity (Wildman–Crippen MR) is 95.8 cm³/mol. The molecule has 0 bridgehead atoms. The molecule has 0 aliphatic carbocycles. The topological polar surface area (TPSA) is 19.0 Å². The van der Waals surface area contributed by atoms with E-state index in [4.69, 9.17) is 0 Å². The van der Waals surface area contributed by atoms with Gasteiger partial charge in [0.05, 0.1) is 6.67 Å². The van der Waals surface area contributed by atoms with E-state index in [1.54, 1.807) is 12.1 Å². The molecule has 7 heteroatoms. The van der Waals surface area contributed by atoms with Gasteiger partial charge in [0, 0.05) is 30.7 Å². The van der Waals surface area contributed by atoms with Crippen molar-refractivity contribution in [3.63, 3.8) is 0 Å². The van der Waals surface area contributed by atoms with Crippen LogP contribution in [0.4, 0.5) is 18.9 Å². The number of rotatable bonds is 5. The lowest BCUT2D eigenvalue weighted by Gasteiger charge is -2.36. The van der Waals surface area contributed by atoms with Crippen molar-refractivity contribution < 1.29 is 17.9 Å². The number of nitrogens with zero attached hydrogens (tertiary/aromatic N) is 3. The van der Waals surface area contributed by atoms with Crippen LogP contribution in [0.5, 0.6) is 5.75 Å². The van der Waals surface area contributed by atoms with E-state index in [2.05, 4.69) is 34.6 Å². The highest BCUT2D eigenvalue weighted by Crippen LogP contribution is 2.27. The van der Waals surface area contributed by atoms with Gasteiger partial charge in [0.1, 0.15) is 5.75 Å². The van der Waals surface area contributed by atoms with E-state index in [-0.39, 0.29) is 5.75 Å². The van der Waals surface area contributed by atoms with Gasteiger partial charge in [0.2, 0.25) is 0 Å². The van der Waals surface area contributed by atoms with E-state index in [1.807, 2.05) is 11.1 Å². The third kappa shape index (κ3) is 5.06. The number of benzene rings is 1. The van der Waals surface area contributed by atoms with Crippen molar-refractivity contribution in [1.82, 2.24) is 9.80 Å². The number of hydrogen-bond acceptors (Lipinski definition) is 4. The summed E-state index contributed by atoms with van der Waals surface area (Å²) in [5.41, 5.74) is 0.855. The summed E-state index contributed by atoms with van der Waals surface area (Å²) in [4.78, 5) is 6.82. The molecule has 144 valence electrons. The zero-order valence-electron chi connectivity index (χ0n) is 15.2. The van der Waals surface area contributed by atoms with Crippen LogP contribution in [0.15, 0.2) is 36.7 Å². The minimum atomic E-state index is -4.66. The Balaban J connectivity index is 1.48. The number of piperidine rings is 1. The summed E-state index contributed by atoms with van der Waals surface area (Å²) in [5, 5.41) is 0. The second-order valence-corrected chi connectivity index (χ2v) is 7.30. The molecule has 26 heavy (non-hydrogen) atoms. The van der Waals surface area contributed by atoms with Crippen LogP contribution in [0.1, 0.15) is 26.7 Å². The number of likely N-dealkylation sites (tertiary alicyclic amines) is 1. The molecule has 0 aromatic heterocycles. The zero-order chi connectivity index (χ0) is 18.7. The first-order valence-corrected chi connectivity index (χ1v) is 9.09. The maximum Gasteiger partial charge on any atom is 0.573 e. The molecular weight excluding hydrogens is 343 g/mol. The van der Waals surface area contributed by atoms with Gasteiger partial charge in [-0.3, -0.25) is 0 Å². The van der Waals surface area contributed by atoms with Crippen LogP contribution < -0.4 is 9.64 Å². The molecule has 0 spiro atoms. The van der Waals surface area contributed by atoms with Crippen molar-refractivity contribution in [3.05, 3.63) is 36.7 Å². The molecular formula is C19H26F3N3O. The van der Waals surface area contributed by atoms with Gasteiger partial charge in [0.25, 0.3) is 0 Å². The SMILES string of the molecule is CC(C)N1CCC(CN2C=CN(c3ccc(OC(F)(F)F)cc3)C2)CC1. The largest absolute Gasteiger partial charge is 0.573 e. The Morgan fingerprint density at radius 2 is 1.73 bits per heavy atom. The fourth-order valence-electron chi connectivity index (χ4n) is 3.57. The molecule has 1 aromatic rings. The van der Waals surface area contributed by atoms with E-state index in [1.165, 1.54) is 25.0 Å². The lowest BCUT2D eigenvalue weighted by Crippen LogP contribution is -2.41. The number of halogens is 3.